The van der Waals surface area contributed by atoms with Crippen molar-refractivity contribution in [1.82, 2.24) is 0 Å². The third-order valence-corrected chi connectivity index (χ3v) is 3.46. The Morgan fingerprint density at radius 2 is 2.25 bits per heavy atom. The Labute approximate surface area is 101 Å². The number of halogens is 1. The summed E-state index contributed by atoms with van der Waals surface area (Å²) in [6.07, 6.45) is 0.610. The van der Waals surface area contributed by atoms with Gasteiger partial charge in [0, 0.05) is 20.1 Å². The molecule has 1 aliphatic heterocycles. The largest absolute Gasteiger partial charge is 0.484 e. The van der Waals surface area contributed by atoms with E-state index in [2.05, 4.69) is 11.8 Å². The van der Waals surface area contributed by atoms with Crippen molar-refractivity contribution < 1.29 is 9.84 Å². The minimum absolute atomic E-state index is 0.0117. The maximum absolute atomic E-state index is 9.01. The predicted octanol–water partition coefficient (Wildman–Crippen LogP) is 2.31. The highest BCUT2D eigenvalue weighted by atomic mass is 35.5. The second kappa shape index (κ2) is 4.52. The average Bonchev–Trinajstić information content (AvgIpc) is 2.27. The molecule has 0 saturated heterocycles. The summed E-state index contributed by atoms with van der Waals surface area (Å²) in [6, 6.07) is 5.96. The van der Waals surface area contributed by atoms with Gasteiger partial charge in [0.2, 0.25) is 0 Å². The van der Waals surface area contributed by atoms with E-state index < -0.39 is 0 Å². The Hall–Kier alpha value is -0.930. The van der Waals surface area contributed by atoms with Gasteiger partial charge in [0.05, 0.1) is 16.8 Å². The molecule has 0 bridgehead atoms. The fourth-order valence-electron chi connectivity index (χ4n) is 2.04. The Kier molecular flexibility index (Phi) is 3.26. The van der Waals surface area contributed by atoms with Crippen LogP contribution in [-0.2, 0) is 0 Å². The van der Waals surface area contributed by atoms with Gasteiger partial charge in [-0.1, -0.05) is 17.7 Å². The lowest BCUT2D eigenvalue weighted by atomic mass is 10.0. The number of aliphatic hydroxyl groups is 1. The van der Waals surface area contributed by atoms with Crippen molar-refractivity contribution in [2.45, 2.75) is 25.5 Å². The topological polar surface area (TPSA) is 32.7 Å². The first-order valence-electron chi connectivity index (χ1n) is 5.44. The van der Waals surface area contributed by atoms with E-state index >= 15 is 0 Å². The average molecular weight is 242 g/mol. The fourth-order valence-corrected chi connectivity index (χ4v) is 2.25. The minimum Gasteiger partial charge on any atom is -0.484 e. The maximum Gasteiger partial charge on any atom is 0.161 e. The number of hydrogen-bond donors (Lipinski definition) is 1. The summed E-state index contributed by atoms with van der Waals surface area (Å²) < 4.78 is 5.85. The number of rotatable bonds is 2. The Morgan fingerprint density at radius 1 is 1.50 bits per heavy atom. The van der Waals surface area contributed by atoms with E-state index in [1.54, 1.807) is 0 Å². The number of likely N-dealkylation sites (N-methyl/N-ethyl adjacent to an activating group) is 1. The number of benzene rings is 1. The first kappa shape index (κ1) is 11.6. The SMILES string of the molecule is CC1C(CCO)Oc2c(Cl)cccc2N1C. The zero-order valence-electron chi connectivity index (χ0n) is 9.48. The standard InChI is InChI=1S/C12H16ClNO2/c1-8-11(6-7-15)16-12-9(13)4-3-5-10(12)14(8)2/h3-5,8,11,15H,6-7H2,1-2H3. The summed E-state index contributed by atoms with van der Waals surface area (Å²) in [7, 11) is 2.02. The number of fused-ring (bicyclic) bond motifs is 1. The molecule has 2 atom stereocenters. The van der Waals surface area contributed by atoms with Gasteiger partial charge in [-0.25, -0.2) is 0 Å². The Balaban J connectivity index is 2.36. The zero-order valence-corrected chi connectivity index (χ0v) is 10.2. The molecule has 2 unspecified atom stereocenters. The van der Waals surface area contributed by atoms with Crippen molar-refractivity contribution in [2.75, 3.05) is 18.6 Å². The first-order valence-corrected chi connectivity index (χ1v) is 5.81. The van der Waals surface area contributed by atoms with E-state index in [0.29, 0.717) is 11.4 Å². The van der Waals surface area contributed by atoms with Crippen molar-refractivity contribution in [3.63, 3.8) is 0 Å². The lowest BCUT2D eigenvalue weighted by Crippen LogP contribution is -2.46. The quantitative estimate of drug-likeness (QED) is 0.863. The molecule has 0 fully saturated rings. The third kappa shape index (κ3) is 1.85. The molecule has 1 N–H and O–H groups in total. The monoisotopic (exact) mass is 241 g/mol. The number of ether oxygens (including phenoxy) is 1. The van der Waals surface area contributed by atoms with E-state index in [0.717, 1.165) is 11.4 Å². The highest BCUT2D eigenvalue weighted by Crippen LogP contribution is 2.40. The van der Waals surface area contributed by atoms with Crippen molar-refractivity contribution in [1.29, 1.82) is 0 Å². The molecule has 88 valence electrons. The lowest BCUT2D eigenvalue weighted by Gasteiger charge is -2.40. The molecule has 0 radical (unpaired) electrons. The van der Waals surface area contributed by atoms with Gasteiger partial charge in [-0.2, -0.15) is 0 Å². The molecule has 16 heavy (non-hydrogen) atoms. The molecule has 4 heteroatoms. The van der Waals surface area contributed by atoms with Gasteiger partial charge < -0.3 is 14.7 Å². The molecule has 0 spiro atoms. The molecule has 1 aliphatic rings. The molecular formula is C12H16ClNO2. The van der Waals surface area contributed by atoms with Gasteiger partial charge in [-0.3, -0.25) is 0 Å². The number of para-hydroxylation sites is 1. The summed E-state index contributed by atoms with van der Waals surface area (Å²) in [5.74, 6) is 0.725. The van der Waals surface area contributed by atoms with E-state index in [4.69, 9.17) is 21.4 Å². The van der Waals surface area contributed by atoms with Crippen molar-refractivity contribution in [3.8, 4) is 5.75 Å². The molecule has 0 aromatic heterocycles. The summed E-state index contributed by atoms with van der Waals surface area (Å²) >= 11 is 6.11. The maximum atomic E-state index is 9.01. The Bertz CT molecular complexity index is 383. The molecule has 1 aromatic carbocycles. The molecule has 1 heterocycles. The van der Waals surface area contributed by atoms with Crippen LogP contribution in [0, 0.1) is 0 Å². The van der Waals surface area contributed by atoms with Crippen LogP contribution in [0.4, 0.5) is 5.69 Å². The summed E-state index contributed by atoms with van der Waals surface area (Å²) in [5.41, 5.74) is 1.01. The van der Waals surface area contributed by atoms with Crippen LogP contribution >= 0.6 is 11.6 Å². The van der Waals surface area contributed by atoms with Gasteiger partial charge in [-0.05, 0) is 19.1 Å². The van der Waals surface area contributed by atoms with Gasteiger partial charge in [0.1, 0.15) is 6.10 Å². The van der Waals surface area contributed by atoms with Crippen molar-refractivity contribution >= 4 is 17.3 Å². The number of anilines is 1. The van der Waals surface area contributed by atoms with Crippen LogP contribution in [0.3, 0.4) is 0 Å². The normalized spacial score (nSPS) is 23.9. The van der Waals surface area contributed by atoms with Crippen LogP contribution in [0.15, 0.2) is 18.2 Å². The molecule has 3 nitrogen and oxygen atoms in total. The lowest BCUT2D eigenvalue weighted by molar-refractivity contribution is 0.124. The second-order valence-corrected chi connectivity index (χ2v) is 4.52. The van der Waals surface area contributed by atoms with E-state index in [1.165, 1.54) is 0 Å². The minimum atomic E-state index is -0.0117. The summed E-state index contributed by atoms with van der Waals surface area (Å²) in [4.78, 5) is 2.14. The third-order valence-electron chi connectivity index (χ3n) is 3.16. The van der Waals surface area contributed by atoms with Crippen LogP contribution in [0.2, 0.25) is 5.02 Å². The molecular weight excluding hydrogens is 226 g/mol. The van der Waals surface area contributed by atoms with Gasteiger partial charge in [0.15, 0.2) is 5.75 Å². The zero-order chi connectivity index (χ0) is 11.7. The second-order valence-electron chi connectivity index (χ2n) is 4.11. The van der Waals surface area contributed by atoms with Crippen LogP contribution in [0.1, 0.15) is 13.3 Å². The first-order chi connectivity index (χ1) is 7.65. The van der Waals surface area contributed by atoms with Crippen LogP contribution in [-0.4, -0.2) is 30.9 Å². The van der Waals surface area contributed by atoms with Crippen LogP contribution in [0.25, 0.3) is 0 Å². The number of aliphatic hydroxyl groups excluding tert-OH is 1. The number of hydrogen-bond acceptors (Lipinski definition) is 3. The van der Waals surface area contributed by atoms with Gasteiger partial charge in [0.25, 0.3) is 0 Å². The van der Waals surface area contributed by atoms with Crippen LogP contribution in [0.5, 0.6) is 5.75 Å². The van der Waals surface area contributed by atoms with Crippen molar-refractivity contribution in [2.24, 2.45) is 0 Å². The Morgan fingerprint density at radius 3 is 2.94 bits per heavy atom. The van der Waals surface area contributed by atoms with E-state index in [-0.39, 0.29) is 18.8 Å². The smallest absolute Gasteiger partial charge is 0.161 e. The van der Waals surface area contributed by atoms with Crippen molar-refractivity contribution in [3.05, 3.63) is 23.2 Å². The number of nitrogens with zero attached hydrogens (tertiary/aromatic N) is 1. The van der Waals surface area contributed by atoms with E-state index in [9.17, 15) is 0 Å². The van der Waals surface area contributed by atoms with Gasteiger partial charge in [-0.15, -0.1) is 0 Å². The summed E-state index contributed by atoms with van der Waals surface area (Å²) in [5, 5.41) is 9.63. The molecule has 0 saturated carbocycles. The molecule has 0 aliphatic carbocycles. The van der Waals surface area contributed by atoms with Crippen LogP contribution < -0.4 is 9.64 Å². The molecule has 0 amide bonds. The molecule has 2 rings (SSSR count). The van der Waals surface area contributed by atoms with Gasteiger partial charge >= 0.3 is 0 Å². The highest BCUT2D eigenvalue weighted by Gasteiger charge is 2.31. The summed E-state index contributed by atoms with van der Waals surface area (Å²) in [6.45, 7) is 2.22. The van der Waals surface area contributed by atoms with E-state index in [1.807, 2.05) is 25.2 Å². The highest BCUT2D eigenvalue weighted by molar-refractivity contribution is 6.32. The molecule has 1 aromatic rings. The predicted molar refractivity (Wildman–Crippen MR) is 65.4 cm³/mol. The fraction of sp³-hybridized carbons (Fsp3) is 0.500.